The van der Waals surface area contributed by atoms with Gasteiger partial charge in [0, 0.05) is 5.69 Å². The fourth-order valence-electron chi connectivity index (χ4n) is 1.78. The fourth-order valence-corrected chi connectivity index (χ4v) is 1.78. The molecule has 19 heavy (non-hydrogen) atoms. The normalized spacial score (nSPS) is 12.1. The molecule has 0 saturated heterocycles. The van der Waals surface area contributed by atoms with Gasteiger partial charge in [-0.25, -0.2) is 4.79 Å². The van der Waals surface area contributed by atoms with Crippen LogP contribution in [0.15, 0.2) is 24.3 Å². The Morgan fingerprint density at radius 2 is 1.68 bits per heavy atom. The highest BCUT2D eigenvalue weighted by molar-refractivity contribution is 5.85. The number of anilines is 1. The summed E-state index contributed by atoms with van der Waals surface area (Å²) in [6.45, 7) is 12.1. The maximum Gasteiger partial charge on any atom is 0.412 e. The van der Waals surface area contributed by atoms with Crippen molar-refractivity contribution in [3.63, 3.8) is 0 Å². The second-order valence-electron chi connectivity index (χ2n) is 7.02. The highest BCUT2D eigenvalue weighted by Gasteiger charge is 2.18. The van der Waals surface area contributed by atoms with E-state index in [1.807, 2.05) is 45.0 Å². The summed E-state index contributed by atoms with van der Waals surface area (Å²) in [6.07, 6.45) is 0.493. The Morgan fingerprint density at radius 1 is 1.11 bits per heavy atom. The van der Waals surface area contributed by atoms with Crippen molar-refractivity contribution in [3.8, 4) is 0 Å². The van der Waals surface area contributed by atoms with Crippen LogP contribution < -0.4 is 5.32 Å². The molecule has 0 atom stereocenters. The largest absolute Gasteiger partial charge is 0.444 e. The molecule has 0 bridgehead atoms. The van der Waals surface area contributed by atoms with Crippen molar-refractivity contribution in [3.05, 3.63) is 29.8 Å². The van der Waals surface area contributed by atoms with Gasteiger partial charge in [0.15, 0.2) is 0 Å². The van der Waals surface area contributed by atoms with E-state index in [4.69, 9.17) is 4.74 Å². The molecule has 1 aromatic carbocycles. The summed E-state index contributed by atoms with van der Waals surface area (Å²) in [5, 5.41) is 2.83. The summed E-state index contributed by atoms with van der Waals surface area (Å²) < 4.78 is 5.28. The second-order valence-corrected chi connectivity index (χ2v) is 7.02. The summed E-state index contributed by atoms with van der Waals surface area (Å²) in [7, 11) is 0. The Hall–Kier alpha value is -1.51. The van der Waals surface area contributed by atoms with Crippen LogP contribution in [0.25, 0.3) is 0 Å². The lowest BCUT2D eigenvalue weighted by atomic mass is 9.87. The fraction of sp³-hybridized carbons (Fsp3) is 0.562. The van der Waals surface area contributed by atoms with E-state index in [1.54, 1.807) is 0 Å². The maximum atomic E-state index is 11.8. The van der Waals surface area contributed by atoms with E-state index in [1.165, 1.54) is 0 Å². The first-order valence-corrected chi connectivity index (χ1v) is 6.65. The average molecular weight is 263 g/mol. The molecule has 106 valence electrons. The third-order valence-corrected chi connectivity index (χ3v) is 2.37. The molecule has 0 radical (unpaired) electrons. The molecule has 0 aliphatic carbocycles. The third kappa shape index (κ3) is 6.27. The number of hydrogen-bond donors (Lipinski definition) is 1. The topological polar surface area (TPSA) is 38.3 Å². The summed E-state index contributed by atoms with van der Waals surface area (Å²) in [5.41, 5.74) is 1.64. The van der Waals surface area contributed by atoms with Crippen molar-refractivity contribution < 1.29 is 9.53 Å². The molecule has 0 unspecified atom stereocenters. The van der Waals surface area contributed by atoms with Gasteiger partial charge in [-0.2, -0.15) is 0 Å². The first kappa shape index (κ1) is 15.5. The lowest BCUT2D eigenvalue weighted by Gasteiger charge is -2.22. The molecule has 0 aromatic heterocycles. The van der Waals surface area contributed by atoms with Gasteiger partial charge in [-0.1, -0.05) is 39.0 Å². The van der Waals surface area contributed by atoms with Crippen molar-refractivity contribution in [2.75, 3.05) is 5.32 Å². The van der Waals surface area contributed by atoms with Crippen LogP contribution in [0.4, 0.5) is 10.5 Å². The SMILES string of the molecule is CC(C)(C)Cc1ccccc1NC(=O)OC(C)(C)C. The van der Waals surface area contributed by atoms with Gasteiger partial charge in [0.1, 0.15) is 5.60 Å². The zero-order valence-electron chi connectivity index (χ0n) is 12.8. The van der Waals surface area contributed by atoms with Crippen LogP contribution in [0.1, 0.15) is 47.1 Å². The monoisotopic (exact) mass is 263 g/mol. The van der Waals surface area contributed by atoms with Crippen LogP contribution in [-0.4, -0.2) is 11.7 Å². The van der Waals surface area contributed by atoms with Crippen molar-refractivity contribution in [2.24, 2.45) is 5.41 Å². The highest BCUT2D eigenvalue weighted by atomic mass is 16.6. The predicted molar refractivity (Wildman–Crippen MR) is 79.5 cm³/mol. The Morgan fingerprint density at radius 3 is 2.21 bits per heavy atom. The lowest BCUT2D eigenvalue weighted by molar-refractivity contribution is 0.0635. The average Bonchev–Trinajstić information content (AvgIpc) is 2.15. The van der Waals surface area contributed by atoms with Gasteiger partial charge >= 0.3 is 6.09 Å². The first-order chi connectivity index (χ1) is 8.57. The van der Waals surface area contributed by atoms with Gasteiger partial charge in [-0.3, -0.25) is 5.32 Å². The van der Waals surface area contributed by atoms with Gasteiger partial charge in [0.25, 0.3) is 0 Å². The molecule has 0 aliphatic heterocycles. The van der Waals surface area contributed by atoms with Gasteiger partial charge in [0.2, 0.25) is 0 Å². The van der Waals surface area contributed by atoms with Gasteiger partial charge < -0.3 is 4.74 Å². The molecule has 0 aliphatic rings. The number of nitrogens with one attached hydrogen (secondary N) is 1. The van der Waals surface area contributed by atoms with Gasteiger partial charge in [-0.15, -0.1) is 0 Å². The molecule has 0 fully saturated rings. The first-order valence-electron chi connectivity index (χ1n) is 6.65. The molecule has 0 saturated carbocycles. The van der Waals surface area contributed by atoms with Crippen molar-refractivity contribution >= 4 is 11.8 Å². The molecule has 1 amide bonds. The molecule has 3 heteroatoms. The Bertz CT molecular complexity index is 439. The van der Waals surface area contributed by atoms with Crippen LogP contribution in [-0.2, 0) is 11.2 Å². The van der Waals surface area contributed by atoms with Gasteiger partial charge in [0.05, 0.1) is 0 Å². The lowest BCUT2D eigenvalue weighted by Crippen LogP contribution is -2.27. The Labute approximate surface area is 116 Å². The van der Waals surface area contributed by atoms with Gasteiger partial charge in [-0.05, 0) is 44.2 Å². The highest BCUT2D eigenvalue weighted by Crippen LogP contribution is 2.26. The van der Waals surface area contributed by atoms with Crippen LogP contribution in [0.5, 0.6) is 0 Å². The number of amides is 1. The van der Waals surface area contributed by atoms with Crippen molar-refractivity contribution in [1.29, 1.82) is 0 Å². The smallest absolute Gasteiger partial charge is 0.412 e. The predicted octanol–water partition coefficient (Wildman–Crippen LogP) is 4.62. The number of carbonyl (C=O) groups is 1. The molecule has 0 heterocycles. The number of hydrogen-bond acceptors (Lipinski definition) is 2. The molecule has 0 spiro atoms. The quantitative estimate of drug-likeness (QED) is 0.845. The maximum absolute atomic E-state index is 11.8. The van der Waals surface area contributed by atoms with Crippen LogP contribution in [0.3, 0.4) is 0 Å². The molecular formula is C16H25NO2. The molecule has 1 rings (SSSR count). The van der Waals surface area contributed by atoms with Crippen LogP contribution in [0, 0.1) is 5.41 Å². The number of carbonyl (C=O) groups excluding carboxylic acids is 1. The second kappa shape index (κ2) is 5.64. The number of ether oxygens (including phenoxy) is 1. The Kier molecular flexibility index (Phi) is 4.61. The van der Waals surface area contributed by atoms with E-state index in [0.717, 1.165) is 17.7 Å². The molecule has 3 nitrogen and oxygen atoms in total. The van der Waals surface area contributed by atoms with E-state index < -0.39 is 11.7 Å². The molecule has 1 N–H and O–H groups in total. The summed E-state index contributed by atoms with van der Waals surface area (Å²) in [6, 6.07) is 7.85. The zero-order valence-corrected chi connectivity index (χ0v) is 12.8. The summed E-state index contributed by atoms with van der Waals surface area (Å²) in [4.78, 5) is 11.8. The van der Waals surface area contributed by atoms with E-state index >= 15 is 0 Å². The minimum absolute atomic E-state index is 0.172. The van der Waals surface area contributed by atoms with E-state index in [0.29, 0.717) is 0 Å². The van der Waals surface area contributed by atoms with Crippen LogP contribution >= 0.6 is 0 Å². The van der Waals surface area contributed by atoms with Crippen LogP contribution in [0.2, 0.25) is 0 Å². The number of rotatable bonds is 2. The minimum Gasteiger partial charge on any atom is -0.444 e. The Balaban J connectivity index is 2.81. The molecule has 1 aromatic rings. The third-order valence-electron chi connectivity index (χ3n) is 2.37. The number of para-hydroxylation sites is 1. The molecular weight excluding hydrogens is 238 g/mol. The summed E-state index contributed by atoms with van der Waals surface area (Å²) in [5.74, 6) is 0. The zero-order chi connectivity index (χ0) is 14.7. The minimum atomic E-state index is -0.483. The van der Waals surface area contributed by atoms with E-state index in [2.05, 4.69) is 26.1 Å². The standard InChI is InChI=1S/C16H25NO2/c1-15(2,3)11-12-9-7-8-10-13(12)17-14(18)19-16(4,5)6/h7-10H,11H2,1-6H3,(H,17,18). The number of benzene rings is 1. The van der Waals surface area contributed by atoms with Crippen molar-refractivity contribution in [1.82, 2.24) is 0 Å². The summed E-state index contributed by atoms with van der Waals surface area (Å²) >= 11 is 0. The van der Waals surface area contributed by atoms with Crippen molar-refractivity contribution in [2.45, 2.75) is 53.6 Å². The van der Waals surface area contributed by atoms with E-state index in [-0.39, 0.29) is 5.41 Å². The van der Waals surface area contributed by atoms with E-state index in [9.17, 15) is 4.79 Å².